The van der Waals surface area contributed by atoms with Crippen molar-refractivity contribution in [2.24, 2.45) is 5.92 Å². The number of nitrogens with zero attached hydrogens (tertiary/aromatic N) is 4. The topological polar surface area (TPSA) is 145 Å². The van der Waals surface area contributed by atoms with Crippen LogP contribution < -0.4 is 11.3 Å². The Morgan fingerprint density at radius 1 is 1.02 bits per heavy atom. The largest absolute Gasteiger partial charge is 0.460 e. The minimum absolute atomic E-state index is 0.0111. The summed E-state index contributed by atoms with van der Waals surface area (Å²) in [7, 11) is 0. The molecule has 1 atom stereocenters. The standard InChI is InChI=1S/C36H39N5O6/c1-3-6-30-29(21-22-9-11-23(12-10-22)27-7-4-5-8-28(27)32-38-35(44)47-39-32)33(42)40(31-19-20-37-41(30)31)25-15-17-26(18-16-25)46-34(43)36(2,45)24-13-14-24/h4-5,7-12,19-20,24-26,45H,3,6,13-18,21H2,1-2H3,(H,38,39,44). The summed E-state index contributed by atoms with van der Waals surface area (Å²) in [6.07, 6.45) is 7.82. The fraction of sp³-hybridized carbons (Fsp3) is 0.417. The van der Waals surface area contributed by atoms with E-state index in [4.69, 9.17) is 9.26 Å². The van der Waals surface area contributed by atoms with E-state index in [1.807, 2.05) is 63.7 Å². The van der Waals surface area contributed by atoms with E-state index in [2.05, 4.69) is 22.2 Å². The molecular formula is C36H39N5O6. The van der Waals surface area contributed by atoms with Crippen molar-refractivity contribution in [1.82, 2.24) is 24.3 Å². The second kappa shape index (κ2) is 12.4. The number of aromatic nitrogens is 5. The monoisotopic (exact) mass is 637 g/mol. The zero-order chi connectivity index (χ0) is 32.7. The third-order valence-electron chi connectivity index (χ3n) is 9.77. The average molecular weight is 638 g/mol. The van der Waals surface area contributed by atoms with Crippen LogP contribution in [0.2, 0.25) is 0 Å². The summed E-state index contributed by atoms with van der Waals surface area (Å²) in [6.45, 7) is 3.66. The predicted molar refractivity (Wildman–Crippen MR) is 175 cm³/mol. The van der Waals surface area contributed by atoms with E-state index < -0.39 is 17.3 Å². The lowest BCUT2D eigenvalue weighted by Crippen LogP contribution is -2.42. The molecule has 3 aromatic heterocycles. The van der Waals surface area contributed by atoms with Crippen LogP contribution in [0.1, 0.15) is 81.7 Å². The van der Waals surface area contributed by atoms with E-state index in [-0.39, 0.29) is 23.6 Å². The lowest BCUT2D eigenvalue weighted by Gasteiger charge is -2.32. The van der Waals surface area contributed by atoms with Gasteiger partial charge in [0.1, 0.15) is 11.8 Å². The van der Waals surface area contributed by atoms with Crippen molar-refractivity contribution in [2.75, 3.05) is 0 Å². The molecule has 7 rings (SSSR count). The van der Waals surface area contributed by atoms with Gasteiger partial charge in [0.05, 0.1) is 11.9 Å². The number of rotatable bonds is 10. The van der Waals surface area contributed by atoms with Crippen LogP contribution in [0.25, 0.3) is 28.2 Å². The number of hydrogen-bond acceptors (Lipinski definition) is 8. The minimum Gasteiger partial charge on any atom is -0.460 e. The maximum Gasteiger partial charge on any atom is 0.439 e. The Morgan fingerprint density at radius 2 is 1.74 bits per heavy atom. The van der Waals surface area contributed by atoms with E-state index in [9.17, 15) is 19.5 Å². The van der Waals surface area contributed by atoms with Crippen molar-refractivity contribution in [2.45, 2.75) is 89.4 Å². The smallest absolute Gasteiger partial charge is 0.439 e. The second-order valence-electron chi connectivity index (χ2n) is 13.1. The van der Waals surface area contributed by atoms with Crippen LogP contribution in [0, 0.1) is 5.92 Å². The van der Waals surface area contributed by atoms with Gasteiger partial charge in [0.2, 0.25) is 0 Å². The number of carbonyl (C=O) groups is 1. The number of esters is 1. The maximum absolute atomic E-state index is 14.4. The van der Waals surface area contributed by atoms with Gasteiger partial charge in [-0.2, -0.15) is 5.10 Å². The number of H-pyrrole nitrogens is 1. The van der Waals surface area contributed by atoms with Gasteiger partial charge in [-0.1, -0.05) is 67.0 Å². The van der Waals surface area contributed by atoms with Crippen LogP contribution >= 0.6 is 0 Å². The Balaban J connectivity index is 1.15. The molecule has 5 aromatic rings. The number of benzene rings is 2. The summed E-state index contributed by atoms with van der Waals surface area (Å²) in [5.41, 5.74) is 4.56. The van der Waals surface area contributed by atoms with Gasteiger partial charge in [-0.05, 0) is 74.5 Å². The van der Waals surface area contributed by atoms with E-state index in [1.165, 1.54) is 0 Å². The van der Waals surface area contributed by atoms with E-state index in [0.29, 0.717) is 44.3 Å². The Labute approximate surface area is 271 Å². The van der Waals surface area contributed by atoms with Crippen molar-refractivity contribution in [3.05, 3.63) is 98.5 Å². The number of fused-ring (bicyclic) bond motifs is 1. The van der Waals surface area contributed by atoms with Crippen molar-refractivity contribution >= 4 is 11.6 Å². The molecule has 244 valence electrons. The van der Waals surface area contributed by atoms with Crippen LogP contribution in [0.15, 0.2) is 74.9 Å². The summed E-state index contributed by atoms with van der Waals surface area (Å²) in [6, 6.07) is 17.6. The lowest BCUT2D eigenvalue weighted by atomic mass is 9.91. The molecule has 11 nitrogen and oxygen atoms in total. The highest BCUT2D eigenvalue weighted by atomic mass is 16.6. The lowest BCUT2D eigenvalue weighted by molar-refractivity contribution is -0.173. The fourth-order valence-electron chi connectivity index (χ4n) is 7.01. The first-order valence-electron chi connectivity index (χ1n) is 16.5. The molecule has 11 heteroatoms. The summed E-state index contributed by atoms with van der Waals surface area (Å²) < 4.78 is 14.3. The molecule has 1 unspecified atom stereocenters. The minimum atomic E-state index is -1.43. The Kier molecular flexibility index (Phi) is 8.17. The Morgan fingerprint density at radius 3 is 2.40 bits per heavy atom. The fourth-order valence-corrected chi connectivity index (χ4v) is 7.01. The first-order valence-corrected chi connectivity index (χ1v) is 16.5. The van der Waals surface area contributed by atoms with E-state index in [0.717, 1.165) is 58.4 Å². The molecule has 0 amide bonds. The molecule has 0 bridgehead atoms. The molecule has 0 spiro atoms. The van der Waals surface area contributed by atoms with Gasteiger partial charge in [-0.3, -0.25) is 18.9 Å². The van der Waals surface area contributed by atoms with Gasteiger partial charge in [-0.15, -0.1) is 0 Å². The molecule has 2 aliphatic carbocycles. The van der Waals surface area contributed by atoms with E-state index >= 15 is 0 Å². The van der Waals surface area contributed by atoms with Crippen molar-refractivity contribution in [3.63, 3.8) is 0 Å². The molecule has 2 aromatic carbocycles. The van der Waals surface area contributed by atoms with Crippen LogP contribution in [0.4, 0.5) is 0 Å². The first-order chi connectivity index (χ1) is 22.7. The maximum atomic E-state index is 14.4. The molecule has 2 N–H and O–H groups in total. The summed E-state index contributed by atoms with van der Waals surface area (Å²) in [5.74, 6) is -0.794. The number of aromatic amines is 1. The number of nitrogens with one attached hydrogen (secondary N) is 1. The number of hydrogen-bond donors (Lipinski definition) is 2. The quantitative estimate of drug-likeness (QED) is 0.198. The number of carbonyl (C=O) groups excluding carboxylic acids is 1. The van der Waals surface area contributed by atoms with Crippen molar-refractivity contribution in [1.29, 1.82) is 0 Å². The van der Waals surface area contributed by atoms with Gasteiger partial charge in [0.25, 0.3) is 5.56 Å². The highest BCUT2D eigenvalue weighted by Gasteiger charge is 2.47. The second-order valence-corrected chi connectivity index (χ2v) is 13.1. The van der Waals surface area contributed by atoms with Gasteiger partial charge >= 0.3 is 11.7 Å². The molecule has 2 saturated carbocycles. The normalized spacial score (nSPS) is 19.5. The third-order valence-corrected chi connectivity index (χ3v) is 9.77. The Hall–Kier alpha value is -4.77. The summed E-state index contributed by atoms with van der Waals surface area (Å²) >= 11 is 0. The molecule has 47 heavy (non-hydrogen) atoms. The van der Waals surface area contributed by atoms with Gasteiger partial charge in [0, 0.05) is 29.7 Å². The number of aliphatic hydroxyl groups is 1. The Bertz CT molecular complexity index is 2020. The summed E-state index contributed by atoms with van der Waals surface area (Å²) in [4.78, 5) is 41.3. The molecule has 3 heterocycles. The van der Waals surface area contributed by atoms with Gasteiger partial charge < -0.3 is 9.84 Å². The van der Waals surface area contributed by atoms with Gasteiger partial charge in [0.15, 0.2) is 11.4 Å². The predicted octanol–water partition coefficient (Wildman–Crippen LogP) is 5.24. The average Bonchev–Trinajstić information content (AvgIpc) is 3.70. The number of ether oxygens (including phenoxy) is 1. The summed E-state index contributed by atoms with van der Waals surface area (Å²) in [5, 5.41) is 19.1. The molecule has 0 aliphatic heterocycles. The van der Waals surface area contributed by atoms with Crippen molar-refractivity contribution in [3.8, 4) is 22.5 Å². The van der Waals surface area contributed by atoms with Gasteiger partial charge in [-0.25, -0.2) is 14.1 Å². The van der Waals surface area contributed by atoms with Crippen LogP contribution in [0.5, 0.6) is 0 Å². The molecular weight excluding hydrogens is 598 g/mol. The number of aryl methyl sites for hydroxylation is 1. The van der Waals surface area contributed by atoms with Crippen LogP contribution in [0.3, 0.4) is 0 Å². The first kappa shape index (κ1) is 30.9. The zero-order valence-electron chi connectivity index (χ0n) is 26.6. The van der Waals surface area contributed by atoms with Crippen LogP contribution in [-0.2, 0) is 22.4 Å². The third kappa shape index (κ3) is 5.95. The SMILES string of the molecule is CCCc1c(Cc2ccc(-c3ccccc3-c3noc(=O)[nH]3)cc2)c(=O)n(C2CCC(OC(=O)C(C)(O)C3CC3)CC2)c2ccnn12. The highest BCUT2D eigenvalue weighted by Crippen LogP contribution is 2.41. The van der Waals surface area contributed by atoms with E-state index in [1.54, 1.807) is 13.1 Å². The molecule has 2 aliphatic rings. The van der Waals surface area contributed by atoms with Crippen molar-refractivity contribution < 1.29 is 19.2 Å². The molecule has 0 radical (unpaired) electrons. The highest BCUT2D eigenvalue weighted by molar-refractivity contribution is 5.80. The zero-order valence-corrected chi connectivity index (χ0v) is 26.6. The molecule has 0 saturated heterocycles. The van der Waals surface area contributed by atoms with Crippen LogP contribution in [-0.4, -0.2) is 47.1 Å². The molecule has 2 fully saturated rings.